The van der Waals surface area contributed by atoms with Gasteiger partial charge in [0, 0.05) is 32.0 Å². The van der Waals surface area contributed by atoms with Crippen molar-refractivity contribution in [3.05, 3.63) is 33.3 Å². The van der Waals surface area contributed by atoms with E-state index in [0.717, 1.165) is 12.8 Å². The molecule has 5 nitrogen and oxygen atoms in total. The maximum atomic E-state index is 11.3. The van der Waals surface area contributed by atoms with Gasteiger partial charge in [-0.15, -0.1) is 0 Å². The largest absolute Gasteiger partial charge is 0.365 e. The fraction of sp³-hybridized carbons (Fsp3) is 0.462. The van der Waals surface area contributed by atoms with Crippen LogP contribution < -0.4 is 4.90 Å². The first-order valence-electron chi connectivity index (χ1n) is 6.18. The number of nitro benzene ring substituents is 1. The zero-order valence-corrected chi connectivity index (χ0v) is 11.4. The maximum Gasteiger partial charge on any atom is 0.294 e. The molecule has 19 heavy (non-hydrogen) atoms. The lowest BCUT2D eigenvalue weighted by Crippen LogP contribution is -2.35. The summed E-state index contributed by atoms with van der Waals surface area (Å²) in [7, 11) is 1.80. The number of ketones is 1. The number of carbonyl (C=O) groups excluding carboxylic acids is 1. The van der Waals surface area contributed by atoms with Crippen LogP contribution in [0.3, 0.4) is 0 Å². The van der Waals surface area contributed by atoms with E-state index in [1.807, 2.05) is 4.90 Å². The SMILES string of the molecule is CN(c1c(Cl)cccc1[N+](=O)[O-])C1CCC(=O)CC1. The Balaban J connectivity index is 2.30. The van der Waals surface area contributed by atoms with Gasteiger partial charge >= 0.3 is 0 Å². The van der Waals surface area contributed by atoms with E-state index in [1.54, 1.807) is 19.2 Å². The van der Waals surface area contributed by atoms with E-state index in [4.69, 9.17) is 11.6 Å². The molecular formula is C13H15ClN2O3. The van der Waals surface area contributed by atoms with Gasteiger partial charge in [0.05, 0.1) is 9.95 Å². The molecule has 102 valence electrons. The molecule has 1 aliphatic rings. The monoisotopic (exact) mass is 282 g/mol. The fourth-order valence-corrected chi connectivity index (χ4v) is 2.80. The number of benzene rings is 1. The van der Waals surface area contributed by atoms with Crippen LogP contribution in [0.2, 0.25) is 5.02 Å². The van der Waals surface area contributed by atoms with Crippen LogP contribution in [-0.4, -0.2) is 23.8 Å². The van der Waals surface area contributed by atoms with E-state index in [9.17, 15) is 14.9 Å². The molecule has 2 rings (SSSR count). The molecule has 1 aromatic carbocycles. The molecular weight excluding hydrogens is 268 g/mol. The van der Waals surface area contributed by atoms with Crippen LogP contribution in [0.4, 0.5) is 11.4 Å². The topological polar surface area (TPSA) is 63.4 Å². The molecule has 0 atom stereocenters. The molecule has 0 heterocycles. The molecule has 1 fully saturated rings. The number of anilines is 1. The van der Waals surface area contributed by atoms with Crippen molar-refractivity contribution < 1.29 is 9.72 Å². The lowest BCUT2D eigenvalue weighted by molar-refractivity contribution is -0.384. The molecule has 1 aromatic rings. The van der Waals surface area contributed by atoms with Gasteiger partial charge in [-0.1, -0.05) is 17.7 Å². The highest BCUT2D eigenvalue weighted by Crippen LogP contribution is 2.37. The molecule has 1 saturated carbocycles. The van der Waals surface area contributed by atoms with Crippen LogP contribution in [0.5, 0.6) is 0 Å². The molecule has 0 amide bonds. The Bertz CT molecular complexity index is 509. The van der Waals surface area contributed by atoms with Gasteiger partial charge < -0.3 is 4.90 Å². The molecule has 0 N–H and O–H groups in total. The van der Waals surface area contributed by atoms with Crippen molar-refractivity contribution in [3.63, 3.8) is 0 Å². The van der Waals surface area contributed by atoms with Crippen molar-refractivity contribution in [2.24, 2.45) is 0 Å². The number of carbonyl (C=O) groups is 1. The zero-order chi connectivity index (χ0) is 14.0. The molecule has 0 aliphatic heterocycles. The van der Waals surface area contributed by atoms with Gasteiger partial charge in [-0.25, -0.2) is 0 Å². The summed E-state index contributed by atoms with van der Waals surface area (Å²) in [6, 6.07) is 4.79. The Kier molecular flexibility index (Phi) is 4.04. The third-order valence-corrected chi connectivity index (χ3v) is 3.88. The van der Waals surface area contributed by atoms with Crippen molar-refractivity contribution >= 4 is 28.8 Å². The lowest BCUT2D eigenvalue weighted by atomic mass is 9.93. The molecule has 6 heteroatoms. The average Bonchev–Trinajstić information content (AvgIpc) is 2.38. The number of halogens is 1. The van der Waals surface area contributed by atoms with Crippen molar-refractivity contribution in [1.29, 1.82) is 0 Å². The normalized spacial score (nSPS) is 16.4. The molecule has 0 saturated heterocycles. The molecule has 0 spiro atoms. The Morgan fingerprint density at radius 2 is 2.00 bits per heavy atom. The van der Waals surface area contributed by atoms with Gasteiger partial charge in [-0.2, -0.15) is 0 Å². The minimum Gasteiger partial charge on any atom is -0.365 e. The standard InChI is InChI=1S/C13H15ClN2O3/c1-15(9-5-7-10(17)8-6-9)13-11(14)3-2-4-12(13)16(18)19/h2-4,9H,5-8H2,1H3. The summed E-state index contributed by atoms with van der Waals surface area (Å²) in [4.78, 5) is 23.8. The predicted octanol–water partition coefficient (Wildman–Crippen LogP) is 3.20. The van der Waals surface area contributed by atoms with Gasteiger partial charge in [0.15, 0.2) is 0 Å². The van der Waals surface area contributed by atoms with E-state index >= 15 is 0 Å². The lowest BCUT2D eigenvalue weighted by Gasteiger charge is -2.32. The number of rotatable bonds is 3. The fourth-order valence-electron chi connectivity index (χ4n) is 2.49. The zero-order valence-electron chi connectivity index (χ0n) is 10.6. The Hall–Kier alpha value is -1.62. The second-order valence-electron chi connectivity index (χ2n) is 4.75. The smallest absolute Gasteiger partial charge is 0.294 e. The van der Waals surface area contributed by atoms with Crippen molar-refractivity contribution in [3.8, 4) is 0 Å². The van der Waals surface area contributed by atoms with Crippen LogP contribution in [0.1, 0.15) is 25.7 Å². The van der Waals surface area contributed by atoms with Gasteiger partial charge in [0.2, 0.25) is 0 Å². The highest BCUT2D eigenvalue weighted by atomic mass is 35.5. The first-order chi connectivity index (χ1) is 9.00. The first-order valence-corrected chi connectivity index (χ1v) is 6.56. The quantitative estimate of drug-likeness (QED) is 0.631. The molecule has 1 aliphatic carbocycles. The average molecular weight is 283 g/mol. The molecule has 0 unspecified atom stereocenters. The van der Waals surface area contributed by atoms with Crippen LogP contribution in [0, 0.1) is 10.1 Å². The van der Waals surface area contributed by atoms with Crippen molar-refractivity contribution in [1.82, 2.24) is 0 Å². The Labute approximate surface area is 116 Å². The van der Waals surface area contributed by atoms with E-state index in [0.29, 0.717) is 23.6 Å². The first kappa shape index (κ1) is 13.8. The highest BCUT2D eigenvalue weighted by molar-refractivity contribution is 6.33. The minimum atomic E-state index is -0.425. The van der Waals surface area contributed by atoms with Crippen LogP contribution in [-0.2, 0) is 4.79 Å². The third-order valence-electron chi connectivity index (χ3n) is 3.58. The van der Waals surface area contributed by atoms with E-state index in [-0.39, 0.29) is 17.5 Å². The minimum absolute atomic E-state index is 0.00639. The van der Waals surface area contributed by atoms with Crippen LogP contribution in [0.15, 0.2) is 18.2 Å². The van der Waals surface area contributed by atoms with E-state index in [2.05, 4.69) is 0 Å². The summed E-state index contributed by atoms with van der Waals surface area (Å²) < 4.78 is 0. The van der Waals surface area contributed by atoms with Gasteiger partial charge in [-0.05, 0) is 18.9 Å². The van der Waals surface area contributed by atoms with Crippen molar-refractivity contribution in [2.75, 3.05) is 11.9 Å². The summed E-state index contributed by atoms with van der Waals surface area (Å²) in [5.74, 6) is 0.262. The van der Waals surface area contributed by atoms with E-state index in [1.165, 1.54) is 6.07 Å². The molecule has 0 aromatic heterocycles. The number of hydrogen-bond donors (Lipinski definition) is 0. The summed E-state index contributed by atoms with van der Waals surface area (Å²) in [6.07, 6.45) is 2.51. The summed E-state index contributed by atoms with van der Waals surface area (Å²) in [6.45, 7) is 0. The summed E-state index contributed by atoms with van der Waals surface area (Å²) in [5.41, 5.74) is 0.445. The Morgan fingerprint density at radius 1 is 1.37 bits per heavy atom. The van der Waals surface area contributed by atoms with Gasteiger partial charge in [0.1, 0.15) is 11.5 Å². The molecule has 0 radical (unpaired) electrons. The second-order valence-corrected chi connectivity index (χ2v) is 5.15. The van der Waals surface area contributed by atoms with Crippen molar-refractivity contribution in [2.45, 2.75) is 31.7 Å². The highest BCUT2D eigenvalue weighted by Gasteiger charge is 2.28. The number of nitro groups is 1. The van der Waals surface area contributed by atoms with Gasteiger partial charge in [-0.3, -0.25) is 14.9 Å². The summed E-state index contributed by atoms with van der Waals surface area (Å²) >= 11 is 6.10. The summed E-state index contributed by atoms with van der Waals surface area (Å²) in [5, 5.41) is 11.4. The number of para-hydroxylation sites is 1. The van der Waals surface area contributed by atoms with E-state index < -0.39 is 4.92 Å². The van der Waals surface area contributed by atoms with Crippen LogP contribution >= 0.6 is 11.6 Å². The number of nitrogens with zero attached hydrogens (tertiary/aromatic N) is 2. The predicted molar refractivity (Wildman–Crippen MR) is 73.8 cm³/mol. The van der Waals surface area contributed by atoms with Crippen LogP contribution in [0.25, 0.3) is 0 Å². The third kappa shape index (κ3) is 2.87. The number of Topliss-reactive ketones (excluding diaryl/α,β-unsaturated/α-hetero) is 1. The van der Waals surface area contributed by atoms with Gasteiger partial charge in [0.25, 0.3) is 5.69 Å². The maximum absolute atomic E-state index is 11.3. The molecule has 0 bridgehead atoms. The second kappa shape index (κ2) is 5.57. The Morgan fingerprint density at radius 3 is 2.58 bits per heavy atom. The number of hydrogen-bond acceptors (Lipinski definition) is 4.